The van der Waals surface area contributed by atoms with Gasteiger partial charge in [0.15, 0.2) is 0 Å². The third-order valence-corrected chi connectivity index (χ3v) is 2.96. The van der Waals surface area contributed by atoms with Crippen LogP contribution in [-0.4, -0.2) is 33.4 Å². The molecule has 0 spiro atoms. The van der Waals surface area contributed by atoms with Crippen LogP contribution in [0.3, 0.4) is 0 Å². The van der Waals surface area contributed by atoms with Gasteiger partial charge in [0.1, 0.15) is 5.76 Å². The number of ketones is 1. The molecule has 2 nitrogen and oxygen atoms in total. The van der Waals surface area contributed by atoms with Gasteiger partial charge in [-0.2, -0.15) is 13.2 Å². The van der Waals surface area contributed by atoms with Crippen LogP contribution in [0.5, 0.6) is 0 Å². The van der Waals surface area contributed by atoms with Crippen LogP contribution in [0.2, 0.25) is 0 Å². The van der Waals surface area contributed by atoms with E-state index in [0.717, 1.165) is 32.1 Å². The molecule has 89 valence electrons. The molecular weight excluding hydrogens is 236 g/mol. The van der Waals surface area contributed by atoms with E-state index in [-0.39, 0.29) is 11.7 Å². The van der Waals surface area contributed by atoms with Gasteiger partial charge >= 0.3 is 12.0 Å². The van der Waals surface area contributed by atoms with Gasteiger partial charge in [-0.3, -0.25) is 21.4 Å². The van der Waals surface area contributed by atoms with Crippen molar-refractivity contribution in [2.45, 2.75) is 38.3 Å². The van der Waals surface area contributed by atoms with E-state index in [2.05, 4.69) is 3.79 Å². The minimum atomic E-state index is -4.57. The van der Waals surface area contributed by atoms with Crippen LogP contribution in [0.1, 0.15) is 32.1 Å². The maximum atomic E-state index is 12.3. The van der Waals surface area contributed by atoms with Crippen LogP contribution in [0.25, 0.3) is 0 Å². The highest BCUT2D eigenvalue weighted by Gasteiger charge is 2.35. The molecule has 6 heteroatoms. The predicted octanol–water partition coefficient (Wildman–Crippen LogP) is 2.66. The number of halogens is 3. The van der Waals surface area contributed by atoms with E-state index in [1.807, 2.05) is 0 Å². The molecule has 0 unspecified atom stereocenters. The fraction of sp³-hybridized carbons (Fsp3) is 0.700. The summed E-state index contributed by atoms with van der Waals surface area (Å²) in [4.78, 5) is 9.59. The standard InChI is InChI=1S/C10H13F3O2.Al/c11-10(12,13)9(15)6-8(14)7-4-2-1-3-5-7;/h6-7,15H,1-5H2;/b9-6-;. The fourth-order valence-electron chi connectivity index (χ4n) is 1.83. The van der Waals surface area contributed by atoms with Gasteiger partial charge in [-0.15, -0.1) is 0 Å². The second-order valence-corrected chi connectivity index (χ2v) is 4.12. The lowest BCUT2D eigenvalue weighted by atomic mass is 9.86. The Bertz CT molecular complexity index is 280. The maximum Gasteiger partial charge on any atom is 0.442 e. The van der Waals surface area contributed by atoms with E-state index < -0.39 is 11.9 Å². The molecule has 0 aliphatic heterocycles. The summed E-state index contributed by atoms with van der Waals surface area (Å²) in [5, 5.41) is 0. The Morgan fingerprint density at radius 1 is 1.25 bits per heavy atom. The summed E-state index contributed by atoms with van der Waals surface area (Å²) in [7, 11) is 0. The van der Waals surface area contributed by atoms with Gasteiger partial charge in [-0.25, -0.2) is 0 Å². The van der Waals surface area contributed by atoms with Crippen molar-refractivity contribution in [1.29, 1.82) is 0 Å². The molecule has 0 heterocycles. The van der Waals surface area contributed by atoms with Crippen molar-refractivity contribution in [3.8, 4) is 0 Å². The minimum absolute atomic E-state index is 0.161. The van der Waals surface area contributed by atoms with Crippen molar-refractivity contribution >= 4 is 22.4 Å². The Labute approximate surface area is 101 Å². The molecule has 1 aliphatic carbocycles. The Kier molecular flexibility index (Phi) is 4.88. The molecule has 1 rings (SSSR count). The van der Waals surface area contributed by atoms with Gasteiger partial charge in [-0.05, 0) is 12.8 Å². The lowest BCUT2D eigenvalue weighted by molar-refractivity contribution is -0.115. The normalized spacial score (nSPS) is 19.6. The SMILES string of the molecule is [OH+]=C(/C=C(\[O][Al-])C(F)(F)F)C1CCCCC1. The van der Waals surface area contributed by atoms with E-state index in [1.165, 1.54) is 0 Å². The van der Waals surface area contributed by atoms with Gasteiger partial charge in [0.25, 0.3) is 0 Å². The first-order chi connectivity index (χ1) is 7.45. The molecule has 0 aromatic carbocycles. The molecule has 0 amide bonds. The van der Waals surface area contributed by atoms with Gasteiger partial charge in [0.05, 0.1) is 12.0 Å². The molecule has 1 aliphatic rings. The molecule has 1 N–H and O–H groups in total. The highest BCUT2D eigenvalue weighted by atomic mass is 27.1. The number of rotatable bonds is 3. The fourth-order valence-corrected chi connectivity index (χ4v) is 2.03. The van der Waals surface area contributed by atoms with Crippen LogP contribution < -0.4 is 0 Å². The number of hydrogen-bond donors (Lipinski definition) is 0. The summed E-state index contributed by atoms with van der Waals surface area (Å²) in [6, 6.07) is 0. The van der Waals surface area contributed by atoms with Crippen LogP contribution >= 0.6 is 0 Å². The van der Waals surface area contributed by atoms with Crippen molar-refractivity contribution in [2.24, 2.45) is 5.92 Å². The van der Waals surface area contributed by atoms with E-state index in [1.54, 1.807) is 16.6 Å². The summed E-state index contributed by atoms with van der Waals surface area (Å²) in [5.74, 6) is -1.57. The molecule has 0 saturated heterocycles. The molecule has 0 atom stereocenters. The first-order valence-electron chi connectivity index (χ1n) is 5.16. The van der Waals surface area contributed by atoms with Gasteiger partial charge < -0.3 is 3.79 Å². The Hall–Kier alpha value is -0.468. The van der Waals surface area contributed by atoms with Gasteiger partial charge in [-0.1, -0.05) is 19.3 Å². The highest BCUT2D eigenvalue weighted by molar-refractivity contribution is 6.00. The van der Waals surface area contributed by atoms with E-state index in [0.29, 0.717) is 6.08 Å². The smallest absolute Gasteiger partial charge is 0.442 e. The van der Waals surface area contributed by atoms with Crippen molar-refractivity contribution in [1.82, 2.24) is 0 Å². The Morgan fingerprint density at radius 2 is 1.81 bits per heavy atom. The zero-order valence-electron chi connectivity index (χ0n) is 8.76. The van der Waals surface area contributed by atoms with Crippen LogP contribution in [0.15, 0.2) is 11.8 Å². The van der Waals surface area contributed by atoms with Crippen molar-refractivity contribution < 1.29 is 21.8 Å². The highest BCUT2D eigenvalue weighted by Crippen LogP contribution is 2.29. The second kappa shape index (κ2) is 5.74. The largest absolute Gasteiger partial charge is 0.875 e. The lowest BCUT2D eigenvalue weighted by Gasteiger charge is -2.22. The summed E-state index contributed by atoms with van der Waals surface area (Å²) < 4.78 is 41.1. The van der Waals surface area contributed by atoms with E-state index in [4.69, 9.17) is 0 Å². The molecule has 1 saturated carbocycles. The topological polar surface area (TPSA) is 30.6 Å². The van der Waals surface area contributed by atoms with Crippen LogP contribution in [-0.2, 0) is 3.79 Å². The average Bonchev–Trinajstić information content (AvgIpc) is 2.25. The lowest BCUT2D eigenvalue weighted by Crippen LogP contribution is -2.20. The number of allylic oxidation sites excluding steroid dienone is 2. The summed E-state index contributed by atoms with van der Waals surface area (Å²) in [6.45, 7) is 0. The Balaban J connectivity index is 2.69. The molecule has 16 heavy (non-hydrogen) atoms. The third kappa shape index (κ3) is 3.84. The molecule has 0 bridgehead atoms. The van der Waals surface area contributed by atoms with Crippen LogP contribution in [0, 0.1) is 5.92 Å². The number of alkyl halides is 3. The van der Waals surface area contributed by atoms with Crippen molar-refractivity contribution in [3.05, 3.63) is 11.8 Å². The average molecular weight is 249 g/mol. The van der Waals surface area contributed by atoms with Crippen molar-refractivity contribution in [3.63, 3.8) is 0 Å². The maximum absolute atomic E-state index is 12.3. The molecular formula is C10H13AlF3O2. The number of carbonyl (C=O) groups excluding carboxylic acids is 1. The molecule has 3 radical (unpaired) electrons. The zero-order chi connectivity index (χ0) is 12.2. The predicted molar refractivity (Wildman–Crippen MR) is 54.5 cm³/mol. The Morgan fingerprint density at radius 3 is 2.25 bits per heavy atom. The molecule has 1 fully saturated rings. The summed E-state index contributed by atoms with van der Waals surface area (Å²) in [6.07, 6.45) is 0.582. The van der Waals surface area contributed by atoms with E-state index >= 15 is 0 Å². The number of hydrogen-bond acceptors (Lipinski definition) is 1. The summed E-state index contributed by atoms with van der Waals surface area (Å²) >= 11 is 1.55. The second-order valence-electron chi connectivity index (χ2n) is 3.88. The van der Waals surface area contributed by atoms with E-state index in [9.17, 15) is 18.0 Å². The quantitative estimate of drug-likeness (QED) is 0.327. The van der Waals surface area contributed by atoms with Gasteiger partial charge in [0.2, 0.25) is 0 Å². The minimum Gasteiger partial charge on any atom is -0.875 e. The van der Waals surface area contributed by atoms with Crippen LogP contribution in [0.4, 0.5) is 13.2 Å². The molecule has 0 aromatic rings. The zero-order valence-corrected chi connectivity index (χ0v) is 9.91. The van der Waals surface area contributed by atoms with Crippen molar-refractivity contribution in [2.75, 3.05) is 0 Å². The third-order valence-electron chi connectivity index (χ3n) is 2.71. The first kappa shape index (κ1) is 13.6. The monoisotopic (exact) mass is 249 g/mol. The van der Waals surface area contributed by atoms with Gasteiger partial charge in [0, 0.05) is 0 Å². The first-order valence-corrected chi connectivity index (χ1v) is 5.63. The summed E-state index contributed by atoms with van der Waals surface area (Å²) in [5.41, 5.74) is 0. The molecule has 0 aromatic heterocycles.